The lowest BCUT2D eigenvalue weighted by Gasteiger charge is -2.50. The van der Waals surface area contributed by atoms with Gasteiger partial charge in [0.2, 0.25) is 5.91 Å². The highest BCUT2D eigenvalue weighted by Gasteiger charge is 2.55. The minimum Gasteiger partial charge on any atom is -0.497 e. The molecule has 1 amide bonds. The number of carbonyl (C=O) groups excluding carboxylic acids is 1. The van der Waals surface area contributed by atoms with Gasteiger partial charge in [0.25, 0.3) is 0 Å². The Bertz CT molecular complexity index is 949. The van der Waals surface area contributed by atoms with Crippen molar-refractivity contribution in [3.05, 3.63) is 48.0 Å². The quantitative estimate of drug-likeness (QED) is 0.650. The maximum absolute atomic E-state index is 13.3. The fourth-order valence-electron chi connectivity index (χ4n) is 3.89. The predicted octanol–water partition coefficient (Wildman–Crippen LogP) is 2.98. The molecular weight excluding hydrogens is 390 g/mol. The molecule has 0 radical (unpaired) electrons. The predicted molar refractivity (Wildman–Crippen MR) is 113 cm³/mol. The third kappa shape index (κ3) is 3.44. The van der Waals surface area contributed by atoms with Crippen molar-refractivity contribution in [2.75, 3.05) is 19.0 Å². The molecule has 0 saturated carbocycles. The Balaban J connectivity index is 1.69. The normalized spacial score (nSPS) is 24.3. The van der Waals surface area contributed by atoms with Crippen molar-refractivity contribution >= 4 is 28.9 Å². The van der Waals surface area contributed by atoms with Gasteiger partial charge in [0.1, 0.15) is 11.7 Å². The van der Waals surface area contributed by atoms with Gasteiger partial charge >= 0.3 is 0 Å². The van der Waals surface area contributed by atoms with E-state index in [0.29, 0.717) is 28.9 Å². The maximum Gasteiger partial charge on any atom is 0.236 e. The summed E-state index contributed by atoms with van der Waals surface area (Å²) in [5.74, 6) is 1.24. The number of benzene rings is 2. The average molecular weight is 413 g/mol. The van der Waals surface area contributed by atoms with Crippen LogP contribution in [0, 0.1) is 5.92 Å². The highest BCUT2D eigenvalue weighted by atomic mass is 32.1. The minimum absolute atomic E-state index is 0.183. The number of anilines is 1. The van der Waals surface area contributed by atoms with Crippen LogP contribution in [0.2, 0.25) is 0 Å². The van der Waals surface area contributed by atoms with Gasteiger partial charge in [-0.3, -0.25) is 4.79 Å². The van der Waals surface area contributed by atoms with E-state index in [4.69, 9.17) is 26.4 Å². The van der Waals surface area contributed by atoms with Crippen molar-refractivity contribution in [2.45, 2.75) is 25.6 Å². The first-order chi connectivity index (χ1) is 13.9. The van der Waals surface area contributed by atoms with Crippen molar-refractivity contribution in [1.82, 2.24) is 10.6 Å². The molecule has 152 valence electrons. The molecular formula is C21H23N3O4S. The zero-order valence-electron chi connectivity index (χ0n) is 16.4. The molecule has 3 N–H and O–H groups in total. The summed E-state index contributed by atoms with van der Waals surface area (Å²) in [4.78, 5) is 13.3. The lowest BCUT2D eigenvalue weighted by molar-refractivity contribution is -0.132. The number of thiocarbonyl (C=S) groups is 1. The summed E-state index contributed by atoms with van der Waals surface area (Å²) < 4.78 is 17.2. The minimum atomic E-state index is -1.02. The first-order valence-electron chi connectivity index (χ1n) is 9.43. The van der Waals surface area contributed by atoms with Crippen molar-refractivity contribution in [2.24, 2.45) is 5.92 Å². The fourth-order valence-corrected chi connectivity index (χ4v) is 4.22. The highest BCUT2D eigenvalue weighted by molar-refractivity contribution is 7.80. The number of para-hydroxylation sites is 1. The van der Waals surface area contributed by atoms with Gasteiger partial charge in [0.05, 0.1) is 19.8 Å². The third-order valence-corrected chi connectivity index (χ3v) is 5.39. The molecule has 2 heterocycles. The number of fused-ring (bicyclic) bond motifs is 4. The molecule has 1 fully saturated rings. The standard InChI is InChI=1S/C21H23N3O4S/c1-4-27-15-7-5-6-14-17-16(21(2,28-18(14)15)24-20(29)23-17)19(25)22-12-8-10-13(26-3)11-9-12/h5-11,16-17H,4H2,1-3H3,(H,22,25)(H2,23,24,29)/t16-,17+,21-/m1/s1. The van der Waals surface area contributed by atoms with Gasteiger partial charge in [0, 0.05) is 11.3 Å². The van der Waals surface area contributed by atoms with Crippen LogP contribution in [0.1, 0.15) is 25.5 Å². The van der Waals surface area contributed by atoms with E-state index in [-0.39, 0.29) is 11.9 Å². The van der Waals surface area contributed by atoms with E-state index in [9.17, 15) is 4.79 Å². The Morgan fingerprint density at radius 3 is 2.72 bits per heavy atom. The number of rotatable bonds is 5. The van der Waals surface area contributed by atoms with Gasteiger partial charge in [-0.05, 0) is 56.4 Å². The molecule has 0 aliphatic carbocycles. The van der Waals surface area contributed by atoms with E-state index in [1.165, 1.54) is 0 Å². The molecule has 7 nitrogen and oxygen atoms in total. The Hall–Kier alpha value is -3.00. The van der Waals surface area contributed by atoms with E-state index in [1.54, 1.807) is 31.4 Å². The van der Waals surface area contributed by atoms with Crippen LogP contribution in [0.25, 0.3) is 0 Å². The molecule has 0 spiro atoms. The number of amides is 1. The van der Waals surface area contributed by atoms with E-state index in [0.717, 1.165) is 11.3 Å². The second kappa shape index (κ2) is 7.44. The third-order valence-electron chi connectivity index (χ3n) is 5.17. The van der Waals surface area contributed by atoms with Crippen LogP contribution in [-0.4, -0.2) is 30.5 Å². The van der Waals surface area contributed by atoms with E-state index >= 15 is 0 Å². The van der Waals surface area contributed by atoms with Crippen LogP contribution < -0.4 is 30.2 Å². The maximum atomic E-state index is 13.3. The molecule has 1 saturated heterocycles. The van der Waals surface area contributed by atoms with Crippen molar-refractivity contribution < 1.29 is 19.0 Å². The summed E-state index contributed by atoms with van der Waals surface area (Å²) in [6.45, 7) is 4.26. The second-order valence-electron chi connectivity index (χ2n) is 7.09. The summed E-state index contributed by atoms with van der Waals surface area (Å²) in [7, 11) is 1.60. The van der Waals surface area contributed by atoms with E-state index in [1.807, 2.05) is 32.0 Å². The van der Waals surface area contributed by atoms with Gasteiger partial charge in [-0.2, -0.15) is 0 Å². The molecule has 2 aliphatic heterocycles. The van der Waals surface area contributed by atoms with E-state index < -0.39 is 11.6 Å². The van der Waals surface area contributed by atoms with Gasteiger partial charge in [-0.25, -0.2) is 0 Å². The lowest BCUT2D eigenvalue weighted by atomic mass is 9.79. The van der Waals surface area contributed by atoms with Crippen molar-refractivity contribution in [3.63, 3.8) is 0 Å². The summed E-state index contributed by atoms with van der Waals surface area (Å²) in [5.41, 5.74) is 0.491. The summed E-state index contributed by atoms with van der Waals surface area (Å²) >= 11 is 5.36. The second-order valence-corrected chi connectivity index (χ2v) is 7.50. The topological polar surface area (TPSA) is 80.9 Å². The molecule has 2 aromatic carbocycles. The van der Waals surface area contributed by atoms with Crippen LogP contribution >= 0.6 is 12.2 Å². The number of hydrogen-bond acceptors (Lipinski definition) is 5. The fraction of sp³-hybridized carbons (Fsp3) is 0.333. The SMILES string of the molecule is CCOc1cccc2c1O[C@@]1(C)NC(=S)N[C@@H]2[C@@H]1C(=O)Nc1ccc(OC)cc1. The van der Waals surface area contributed by atoms with E-state index in [2.05, 4.69) is 16.0 Å². The summed E-state index contributed by atoms with van der Waals surface area (Å²) in [6, 6.07) is 12.5. The van der Waals surface area contributed by atoms with Gasteiger partial charge in [-0.15, -0.1) is 0 Å². The molecule has 0 aromatic heterocycles. The molecule has 29 heavy (non-hydrogen) atoms. The molecule has 0 unspecified atom stereocenters. The first kappa shape index (κ1) is 19.3. The van der Waals surface area contributed by atoms with Crippen LogP contribution in [0.5, 0.6) is 17.2 Å². The Morgan fingerprint density at radius 2 is 2.03 bits per heavy atom. The monoisotopic (exact) mass is 413 g/mol. The number of nitrogens with one attached hydrogen (secondary N) is 3. The Labute approximate surface area is 174 Å². The zero-order chi connectivity index (χ0) is 20.6. The van der Waals surface area contributed by atoms with Gasteiger partial charge in [-0.1, -0.05) is 12.1 Å². The lowest BCUT2D eigenvalue weighted by Crippen LogP contribution is -2.70. The number of methoxy groups -OCH3 is 1. The molecule has 3 atom stereocenters. The number of ether oxygens (including phenoxy) is 3. The van der Waals surface area contributed by atoms with Crippen LogP contribution in [0.3, 0.4) is 0 Å². The summed E-state index contributed by atoms with van der Waals surface area (Å²) in [5, 5.41) is 9.78. The van der Waals surface area contributed by atoms with Crippen molar-refractivity contribution in [1.29, 1.82) is 0 Å². The van der Waals surface area contributed by atoms with Crippen LogP contribution in [0.4, 0.5) is 5.69 Å². The van der Waals surface area contributed by atoms with Crippen LogP contribution in [0.15, 0.2) is 42.5 Å². The van der Waals surface area contributed by atoms with Crippen molar-refractivity contribution in [3.8, 4) is 17.2 Å². The number of hydrogen-bond donors (Lipinski definition) is 3. The average Bonchev–Trinajstić information content (AvgIpc) is 2.68. The summed E-state index contributed by atoms with van der Waals surface area (Å²) in [6.07, 6.45) is 0. The van der Waals surface area contributed by atoms with Gasteiger partial charge < -0.3 is 30.2 Å². The highest BCUT2D eigenvalue weighted by Crippen LogP contribution is 2.48. The Morgan fingerprint density at radius 1 is 1.28 bits per heavy atom. The molecule has 2 aliphatic rings. The molecule has 2 bridgehead atoms. The smallest absolute Gasteiger partial charge is 0.236 e. The van der Waals surface area contributed by atoms with Gasteiger partial charge in [0.15, 0.2) is 22.3 Å². The Kier molecular flexibility index (Phi) is 4.96. The van der Waals surface area contributed by atoms with Crippen LogP contribution in [-0.2, 0) is 4.79 Å². The number of carbonyl (C=O) groups is 1. The first-order valence-corrected chi connectivity index (χ1v) is 9.84. The molecule has 8 heteroatoms. The molecule has 4 rings (SSSR count). The molecule has 2 aromatic rings. The zero-order valence-corrected chi connectivity index (χ0v) is 17.3. The largest absolute Gasteiger partial charge is 0.497 e.